The van der Waals surface area contributed by atoms with E-state index >= 15 is 0 Å². The van der Waals surface area contributed by atoms with Gasteiger partial charge in [-0.25, -0.2) is 0 Å². The van der Waals surface area contributed by atoms with E-state index in [4.69, 9.17) is 9.47 Å². The molecule has 0 aliphatic heterocycles. The van der Waals surface area contributed by atoms with Crippen LogP contribution in [0.2, 0.25) is 0 Å². The van der Waals surface area contributed by atoms with Gasteiger partial charge in [-0.15, -0.1) is 0 Å². The van der Waals surface area contributed by atoms with E-state index in [1.165, 1.54) is 24.3 Å². The molecule has 0 aliphatic rings. The third kappa shape index (κ3) is 8.70. The Hall–Kier alpha value is -4.00. The first-order valence-electron chi connectivity index (χ1n) is 10.9. The predicted octanol–water partition coefficient (Wildman–Crippen LogP) is 4.94. The maximum atomic E-state index is 12.8. The molecule has 0 unspecified atom stereocenters. The molecule has 0 fully saturated rings. The lowest BCUT2D eigenvalue weighted by Gasteiger charge is -2.13. The van der Waals surface area contributed by atoms with Crippen molar-refractivity contribution in [2.75, 3.05) is 25.1 Å². The minimum Gasteiger partial charge on any atom is -0.490 e. The molecule has 10 heteroatoms. The Morgan fingerprint density at radius 3 is 2.51 bits per heavy atom. The number of carbonyl (C=O) groups is 2. The van der Waals surface area contributed by atoms with Crippen LogP contribution >= 0.6 is 0 Å². The molecule has 0 radical (unpaired) electrons. The lowest BCUT2D eigenvalue weighted by Crippen LogP contribution is -2.25. The molecule has 2 aromatic carbocycles. The molecular weight excluding hydrogens is 463 g/mol. The largest absolute Gasteiger partial charge is 0.490 e. The number of amides is 2. The van der Waals surface area contributed by atoms with Crippen molar-refractivity contribution in [3.8, 4) is 17.6 Å². The van der Waals surface area contributed by atoms with Crippen LogP contribution in [0.15, 0.2) is 48.0 Å². The van der Waals surface area contributed by atoms with Crippen LogP contribution in [0.5, 0.6) is 11.5 Å². The van der Waals surface area contributed by atoms with Gasteiger partial charge in [0.1, 0.15) is 11.6 Å². The number of rotatable bonds is 11. The second kappa shape index (κ2) is 13.0. The van der Waals surface area contributed by atoms with Crippen LogP contribution in [0, 0.1) is 11.3 Å². The molecule has 0 heterocycles. The number of halogens is 3. The first kappa shape index (κ1) is 27.2. The summed E-state index contributed by atoms with van der Waals surface area (Å²) in [7, 11) is 0. The third-order valence-electron chi connectivity index (χ3n) is 4.59. The number of unbranched alkanes of at least 4 members (excludes halogenated alkanes) is 1. The third-order valence-corrected chi connectivity index (χ3v) is 4.59. The quantitative estimate of drug-likeness (QED) is 0.264. The number of alkyl halides is 3. The summed E-state index contributed by atoms with van der Waals surface area (Å²) < 4.78 is 49.6. The highest BCUT2D eigenvalue weighted by molar-refractivity contribution is 6.01. The molecule has 2 aromatic rings. The Labute approximate surface area is 201 Å². The molecule has 2 N–H and O–H groups in total. The van der Waals surface area contributed by atoms with Gasteiger partial charge in [-0.1, -0.05) is 25.5 Å². The fraction of sp³-hybridized carbons (Fsp3) is 0.320. The van der Waals surface area contributed by atoms with Crippen molar-refractivity contribution in [3.05, 3.63) is 59.2 Å². The fourth-order valence-corrected chi connectivity index (χ4v) is 2.90. The average Bonchev–Trinajstić information content (AvgIpc) is 2.82. The number of nitriles is 1. The Morgan fingerprint density at radius 2 is 1.86 bits per heavy atom. The molecule has 0 bridgehead atoms. The average molecular weight is 489 g/mol. The number of nitrogens with one attached hydrogen (secondary N) is 2. The fourth-order valence-electron chi connectivity index (χ4n) is 2.90. The molecule has 186 valence electrons. The Morgan fingerprint density at radius 1 is 1.09 bits per heavy atom. The lowest BCUT2D eigenvalue weighted by atomic mass is 10.1. The maximum Gasteiger partial charge on any atom is 0.416 e. The van der Waals surface area contributed by atoms with E-state index in [2.05, 4.69) is 10.6 Å². The van der Waals surface area contributed by atoms with Crippen molar-refractivity contribution in [1.82, 2.24) is 5.32 Å². The van der Waals surface area contributed by atoms with Gasteiger partial charge in [0.2, 0.25) is 0 Å². The van der Waals surface area contributed by atoms with Crippen LogP contribution in [0.25, 0.3) is 6.08 Å². The van der Waals surface area contributed by atoms with Crippen molar-refractivity contribution in [2.24, 2.45) is 0 Å². The summed E-state index contributed by atoms with van der Waals surface area (Å²) in [5.74, 6) is -0.650. The molecule has 0 aromatic heterocycles. The zero-order valence-electron chi connectivity index (χ0n) is 19.4. The maximum absolute atomic E-state index is 12.8. The zero-order valence-corrected chi connectivity index (χ0v) is 19.4. The van der Waals surface area contributed by atoms with Gasteiger partial charge in [0.25, 0.3) is 11.8 Å². The minimum atomic E-state index is -4.53. The number of carbonyl (C=O) groups excluding carboxylic acids is 2. The smallest absolute Gasteiger partial charge is 0.416 e. The van der Waals surface area contributed by atoms with Gasteiger partial charge in [0.15, 0.2) is 18.1 Å². The number of anilines is 1. The van der Waals surface area contributed by atoms with E-state index in [0.29, 0.717) is 12.1 Å². The second-order valence-electron chi connectivity index (χ2n) is 7.33. The van der Waals surface area contributed by atoms with Crippen LogP contribution in [0.1, 0.15) is 37.8 Å². The molecule has 35 heavy (non-hydrogen) atoms. The highest BCUT2D eigenvalue weighted by atomic mass is 19.4. The summed E-state index contributed by atoms with van der Waals surface area (Å²) in [6, 6.07) is 10.8. The Bertz CT molecular complexity index is 1110. The van der Waals surface area contributed by atoms with E-state index in [-0.39, 0.29) is 29.4 Å². The van der Waals surface area contributed by atoms with E-state index in [9.17, 15) is 28.0 Å². The van der Waals surface area contributed by atoms with Gasteiger partial charge in [0, 0.05) is 12.2 Å². The number of hydrogen-bond acceptors (Lipinski definition) is 5. The van der Waals surface area contributed by atoms with Crippen LogP contribution in [-0.2, 0) is 15.8 Å². The summed E-state index contributed by atoms with van der Waals surface area (Å²) in [5, 5.41) is 14.4. The molecule has 0 saturated carbocycles. The molecule has 7 nitrogen and oxygen atoms in total. The first-order valence-corrected chi connectivity index (χ1v) is 10.9. The van der Waals surface area contributed by atoms with E-state index in [1.807, 2.05) is 13.0 Å². The number of nitrogens with zero attached hydrogens (tertiary/aromatic N) is 1. The normalized spacial score (nSPS) is 11.4. The van der Waals surface area contributed by atoms with Gasteiger partial charge < -0.3 is 20.1 Å². The van der Waals surface area contributed by atoms with E-state index in [0.717, 1.165) is 25.0 Å². The van der Waals surface area contributed by atoms with Crippen molar-refractivity contribution in [3.63, 3.8) is 0 Å². The van der Waals surface area contributed by atoms with Crippen LogP contribution < -0.4 is 20.1 Å². The summed E-state index contributed by atoms with van der Waals surface area (Å²) in [6.07, 6.45) is -1.41. The van der Waals surface area contributed by atoms with Gasteiger partial charge in [-0.2, -0.15) is 18.4 Å². The molecule has 2 rings (SSSR count). The molecular formula is C25H26F3N3O4. The van der Waals surface area contributed by atoms with Crippen molar-refractivity contribution in [1.29, 1.82) is 5.26 Å². The van der Waals surface area contributed by atoms with Crippen LogP contribution in [-0.4, -0.2) is 31.6 Å². The summed E-state index contributed by atoms with van der Waals surface area (Å²) >= 11 is 0. The molecule has 0 spiro atoms. The van der Waals surface area contributed by atoms with Gasteiger partial charge in [-0.05, 0) is 55.3 Å². The van der Waals surface area contributed by atoms with Crippen molar-refractivity contribution >= 4 is 23.6 Å². The van der Waals surface area contributed by atoms with Crippen LogP contribution in [0.3, 0.4) is 0 Å². The Kier molecular flexibility index (Phi) is 10.1. The van der Waals surface area contributed by atoms with Crippen molar-refractivity contribution < 1.29 is 32.2 Å². The van der Waals surface area contributed by atoms with Gasteiger partial charge >= 0.3 is 6.18 Å². The van der Waals surface area contributed by atoms with E-state index in [1.54, 1.807) is 19.1 Å². The van der Waals surface area contributed by atoms with Crippen LogP contribution in [0.4, 0.5) is 18.9 Å². The summed E-state index contributed by atoms with van der Waals surface area (Å²) in [4.78, 5) is 24.4. The SMILES string of the molecule is CCCCNC(=O)/C(C#N)=C/c1ccc(OCC(=O)Nc2cccc(C(F)(F)F)c2)c(OCC)c1. The topological polar surface area (TPSA) is 100 Å². The number of benzene rings is 2. The molecule has 0 saturated heterocycles. The molecule has 0 atom stereocenters. The monoisotopic (exact) mass is 489 g/mol. The standard InChI is InChI=1S/C25H26F3N3O4/c1-3-5-11-30-24(33)18(15-29)12-17-9-10-21(22(13-17)34-4-2)35-16-23(32)31-20-8-6-7-19(14-20)25(26,27)28/h6-10,12-14H,3-5,11,16H2,1-2H3,(H,30,33)(H,31,32)/b18-12+. The first-order chi connectivity index (χ1) is 16.7. The second-order valence-corrected chi connectivity index (χ2v) is 7.33. The minimum absolute atomic E-state index is 0.0137. The zero-order chi connectivity index (χ0) is 25.8. The van der Waals surface area contributed by atoms with Gasteiger partial charge in [-0.3, -0.25) is 9.59 Å². The Balaban J connectivity index is 2.09. The van der Waals surface area contributed by atoms with Crippen molar-refractivity contribution in [2.45, 2.75) is 32.9 Å². The summed E-state index contributed by atoms with van der Waals surface area (Å²) in [5.41, 5.74) is -0.455. The molecule has 0 aliphatic carbocycles. The lowest BCUT2D eigenvalue weighted by molar-refractivity contribution is -0.137. The summed E-state index contributed by atoms with van der Waals surface area (Å²) in [6.45, 7) is 4.00. The van der Waals surface area contributed by atoms with Gasteiger partial charge in [0.05, 0.1) is 12.2 Å². The highest BCUT2D eigenvalue weighted by Gasteiger charge is 2.30. The predicted molar refractivity (Wildman–Crippen MR) is 125 cm³/mol. The highest BCUT2D eigenvalue weighted by Crippen LogP contribution is 2.31. The molecule has 2 amide bonds. The number of ether oxygens (including phenoxy) is 2. The number of hydrogen-bond donors (Lipinski definition) is 2. The van der Waals surface area contributed by atoms with E-state index < -0.39 is 30.2 Å².